The molecule has 0 amide bonds. The molecule has 0 unspecified atom stereocenters. The Morgan fingerprint density at radius 2 is 1.92 bits per heavy atom. The van der Waals surface area contributed by atoms with Crippen molar-refractivity contribution < 1.29 is 13.2 Å². The summed E-state index contributed by atoms with van der Waals surface area (Å²) in [6.45, 7) is 0. The molecule has 6 heteroatoms. The lowest BCUT2D eigenvalue weighted by molar-refractivity contribution is -0.136. The van der Waals surface area contributed by atoms with Crippen LogP contribution in [0.3, 0.4) is 0 Å². The van der Waals surface area contributed by atoms with E-state index < -0.39 is 32.8 Å². The Morgan fingerprint density at radius 3 is 2.38 bits per heavy atom. The Kier molecular flexibility index (Phi) is 2.89. The second kappa shape index (κ2) is 3.60. The Balaban J connectivity index is 3.32. The SMILES string of the molecule is N=Ic1cccc(C(F)(F)F)c1N. The number of hydrogen-bond acceptors (Lipinski definition) is 2. The van der Waals surface area contributed by atoms with E-state index >= 15 is 0 Å². The highest BCUT2D eigenvalue weighted by atomic mass is 127. The smallest absolute Gasteiger partial charge is 0.397 e. The molecule has 0 aliphatic rings. The first kappa shape index (κ1) is 10.4. The maximum absolute atomic E-state index is 12.2. The van der Waals surface area contributed by atoms with Crippen molar-refractivity contribution in [2.24, 2.45) is 0 Å². The Hall–Kier alpha value is -0.660. The molecular formula is C7H6F3IN2. The maximum atomic E-state index is 12.2. The van der Waals surface area contributed by atoms with Gasteiger partial charge in [-0.15, -0.1) is 0 Å². The maximum Gasteiger partial charge on any atom is 0.418 e. The van der Waals surface area contributed by atoms with Crippen LogP contribution in [0.4, 0.5) is 18.9 Å². The molecule has 3 N–H and O–H groups in total. The molecule has 0 heterocycles. The van der Waals surface area contributed by atoms with E-state index in [1.165, 1.54) is 12.1 Å². The highest BCUT2D eigenvalue weighted by Gasteiger charge is 2.33. The van der Waals surface area contributed by atoms with Gasteiger partial charge in [0, 0.05) is 24.6 Å². The van der Waals surface area contributed by atoms with Crippen molar-refractivity contribution in [1.82, 2.24) is 0 Å². The van der Waals surface area contributed by atoms with Crippen molar-refractivity contribution in [1.29, 1.82) is 3.56 Å². The normalized spacial score (nSPS) is 11.6. The highest BCUT2D eigenvalue weighted by molar-refractivity contribution is 14.2. The zero-order chi connectivity index (χ0) is 10.1. The van der Waals surface area contributed by atoms with Crippen LogP contribution in [-0.4, -0.2) is 0 Å². The van der Waals surface area contributed by atoms with Crippen molar-refractivity contribution in [3.63, 3.8) is 0 Å². The molecule has 0 aliphatic heterocycles. The summed E-state index contributed by atoms with van der Waals surface area (Å²) in [5.74, 6) is 0. The van der Waals surface area contributed by atoms with E-state index in [0.717, 1.165) is 6.07 Å². The van der Waals surface area contributed by atoms with Crippen molar-refractivity contribution >= 4 is 26.7 Å². The van der Waals surface area contributed by atoms with Crippen LogP contribution in [0, 0.1) is 7.13 Å². The molecule has 0 atom stereocenters. The van der Waals surface area contributed by atoms with Gasteiger partial charge in [0.15, 0.2) is 0 Å². The third-order valence-electron chi connectivity index (χ3n) is 1.46. The number of para-hydroxylation sites is 1. The Morgan fingerprint density at radius 1 is 1.31 bits per heavy atom. The van der Waals surface area contributed by atoms with Crippen LogP contribution >= 0.6 is 21.0 Å². The van der Waals surface area contributed by atoms with Gasteiger partial charge in [0.05, 0.1) is 11.3 Å². The minimum absolute atomic E-state index is 0.294. The quantitative estimate of drug-likeness (QED) is 0.607. The summed E-state index contributed by atoms with van der Waals surface area (Å²) in [6, 6.07) is 3.67. The number of halogens is 4. The van der Waals surface area contributed by atoms with Crippen LogP contribution in [0.5, 0.6) is 0 Å². The predicted molar refractivity (Wildman–Crippen MR) is 51.3 cm³/mol. The van der Waals surface area contributed by atoms with Crippen LogP contribution in [0.25, 0.3) is 0 Å². The number of hydrogen-bond donors (Lipinski definition) is 2. The average molecular weight is 302 g/mol. The summed E-state index contributed by atoms with van der Waals surface area (Å²) >= 11 is -1.15. The van der Waals surface area contributed by atoms with Gasteiger partial charge >= 0.3 is 6.18 Å². The molecule has 1 aromatic carbocycles. The lowest BCUT2D eigenvalue weighted by Crippen LogP contribution is -2.09. The standard InChI is InChI=1S/C7H6F3IN2/c8-7(9,10)4-2-1-3-5(11-13)6(4)12/h1-3,13H,12H2. The minimum atomic E-state index is -4.42. The van der Waals surface area contributed by atoms with Gasteiger partial charge in [-0.3, -0.25) is 3.56 Å². The van der Waals surface area contributed by atoms with E-state index in [0.29, 0.717) is 3.57 Å². The summed E-state index contributed by atoms with van der Waals surface area (Å²) in [6.07, 6.45) is -4.42. The molecule has 72 valence electrons. The fraction of sp³-hybridized carbons (Fsp3) is 0.143. The number of nitrogen functional groups attached to an aromatic ring is 1. The topological polar surface area (TPSA) is 49.9 Å². The molecule has 0 radical (unpaired) electrons. The van der Waals surface area contributed by atoms with E-state index in [2.05, 4.69) is 0 Å². The fourth-order valence-electron chi connectivity index (χ4n) is 0.867. The third-order valence-corrected chi connectivity index (χ3v) is 2.98. The van der Waals surface area contributed by atoms with E-state index in [4.69, 9.17) is 9.30 Å². The second-order valence-corrected chi connectivity index (χ2v) is 3.99. The van der Waals surface area contributed by atoms with E-state index in [-0.39, 0.29) is 5.69 Å². The van der Waals surface area contributed by atoms with Crippen LogP contribution in [0.2, 0.25) is 0 Å². The van der Waals surface area contributed by atoms with Crippen molar-refractivity contribution in [3.05, 3.63) is 27.3 Å². The third kappa shape index (κ3) is 2.17. The average Bonchev–Trinajstić information content (AvgIpc) is 2.02. The largest absolute Gasteiger partial charge is 0.418 e. The van der Waals surface area contributed by atoms with Gasteiger partial charge < -0.3 is 5.73 Å². The second-order valence-electron chi connectivity index (χ2n) is 2.29. The monoisotopic (exact) mass is 302 g/mol. The molecule has 13 heavy (non-hydrogen) atoms. The molecule has 0 saturated carbocycles. The molecule has 0 saturated heterocycles. The van der Waals surface area contributed by atoms with Crippen molar-refractivity contribution in [2.45, 2.75) is 6.18 Å². The Bertz CT molecular complexity index is 335. The summed E-state index contributed by atoms with van der Waals surface area (Å²) < 4.78 is 44.1. The van der Waals surface area contributed by atoms with E-state index in [1.807, 2.05) is 0 Å². The highest BCUT2D eigenvalue weighted by Crippen LogP contribution is 2.35. The number of benzene rings is 1. The van der Waals surface area contributed by atoms with Gasteiger partial charge in [0.2, 0.25) is 0 Å². The van der Waals surface area contributed by atoms with E-state index in [1.54, 1.807) is 0 Å². The molecule has 1 aromatic rings. The number of nitrogens with one attached hydrogen (secondary N) is 1. The first-order chi connectivity index (χ1) is 5.96. The van der Waals surface area contributed by atoms with Gasteiger partial charge in [-0.25, -0.2) is 0 Å². The van der Waals surface area contributed by atoms with Gasteiger partial charge in [-0.05, 0) is 12.1 Å². The summed E-state index contributed by atoms with van der Waals surface area (Å²) in [5, 5.41) is 0. The molecule has 0 aliphatic carbocycles. The number of rotatable bonds is 1. The zero-order valence-corrected chi connectivity index (χ0v) is 8.48. The molecule has 0 bridgehead atoms. The molecule has 0 spiro atoms. The van der Waals surface area contributed by atoms with Crippen molar-refractivity contribution in [2.75, 3.05) is 5.73 Å². The lowest BCUT2D eigenvalue weighted by atomic mass is 10.2. The van der Waals surface area contributed by atoms with Crippen LogP contribution < -0.4 is 5.73 Å². The van der Waals surface area contributed by atoms with Gasteiger partial charge in [-0.2, -0.15) is 13.2 Å². The predicted octanol–water partition coefficient (Wildman–Crippen LogP) is 3.19. The van der Waals surface area contributed by atoms with Gasteiger partial charge in [0.1, 0.15) is 0 Å². The van der Waals surface area contributed by atoms with Crippen LogP contribution in [0.1, 0.15) is 5.56 Å². The van der Waals surface area contributed by atoms with Crippen LogP contribution in [0.15, 0.2) is 18.2 Å². The molecule has 0 aromatic heterocycles. The number of alkyl halides is 3. The zero-order valence-electron chi connectivity index (χ0n) is 6.32. The Labute approximate surface area is 82.9 Å². The van der Waals surface area contributed by atoms with Crippen LogP contribution in [-0.2, 0) is 6.18 Å². The van der Waals surface area contributed by atoms with E-state index in [9.17, 15) is 13.2 Å². The fourth-order valence-corrected chi connectivity index (χ4v) is 1.84. The summed E-state index contributed by atoms with van der Waals surface area (Å²) in [7, 11) is 0. The summed E-state index contributed by atoms with van der Waals surface area (Å²) in [4.78, 5) is 0. The summed E-state index contributed by atoms with van der Waals surface area (Å²) in [5.41, 5.74) is 4.14. The first-order valence-corrected chi connectivity index (χ1v) is 5.39. The lowest BCUT2D eigenvalue weighted by Gasteiger charge is -2.10. The van der Waals surface area contributed by atoms with Crippen molar-refractivity contribution in [3.8, 4) is 0 Å². The molecule has 0 fully saturated rings. The molecule has 1 rings (SSSR count). The molecule has 2 nitrogen and oxygen atoms in total. The number of nitrogens with two attached hydrogens (primary N) is 1. The molecular weight excluding hydrogens is 296 g/mol. The number of anilines is 1. The minimum Gasteiger partial charge on any atom is -0.397 e. The first-order valence-electron chi connectivity index (χ1n) is 3.23. The van der Waals surface area contributed by atoms with Gasteiger partial charge in [0.25, 0.3) is 0 Å². The van der Waals surface area contributed by atoms with Gasteiger partial charge in [-0.1, -0.05) is 6.07 Å².